The molecule has 0 heterocycles. The van der Waals surface area contributed by atoms with Crippen LogP contribution in [-0.4, -0.2) is 25.2 Å². The number of carbonyl (C=O) groups is 2. The molecule has 0 unspecified atom stereocenters. The molecule has 0 radical (unpaired) electrons. The highest BCUT2D eigenvalue weighted by Gasteiger charge is 2.20. The molecule has 5 nitrogen and oxygen atoms in total. The van der Waals surface area contributed by atoms with Crippen molar-refractivity contribution in [3.8, 4) is 5.75 Å². The topological polar surface area (TPSA) is 55.8 Å². The number of ether oxygens (including phenoxy) is 2. The number of carbonyl (C=O) groups excluding carboxylic acids is 2. The van der Waals surface area contributed by atoms with Crippen molar-refractivity contribution in [3.05, 3.63) is 59.7 Å². The van der Waals surface area contributed by atoms with E-state index in [0.29, 0.717) is 23.5 Å². The summed E-state index contributed by atoms with van der Waals surface area (Å²) in [5.74, 6) is -0.134. The second-order valence-electron chi connectivity index (χ2n) is 5.75. The third-order valence-electron chi connectivity index (χ3n) is 3.89. The standard InChI is InChI=1S/C21H25NO4/c1-4-9-16-12-14-17(15-13-16)20(23)26-19-11-8-7-10-18(19)22(5-2)21(24)25-6-3/h7-8,10-15H,4-6,9H2,1-3H3. The first-order chi connectivity index (χ1) is 12.6. The molecule has 0 saturated carbocycles. The van der Waals surface area contributed by atoms with Crippen LogP contribution in [0, 0.1) is 0 Å². The van der Waals surface area contributed by atoms with E-state index in [9.17, 15) is 9.59 Å². The van der Waals surface area contributed by atoms with E-state index >= 15 is 0 Å². The first kappa shape index (κ1) is 19.5. The Kier molecular flexibility index (Phi) is 7.21. The second kappa shape index (κ2) is 9.61. The lowest BCUT2D eigenvalue weighted by atomic mass is 10.1. The molecule has 0 aliphatic rings. The number of hydrogen-bond donors (Lipinski definition) is 0. The number of amides is 1. The molecule has 2 aromatic rings. The van der Waals surface area contributed by atoms with Crippen molar-refractivity contribution in [1.82, 2.24) is 0 Å². The van der Waals surface area contributed by atoms with Crippen molar-refractivity contribution < 1.29 is 19.1 Å². The second-order valence-corrected chi connectivity index (χ2v) is 5.75. The van der Waals surface area contributed by atoms with Crippen molar-refractivity contribution in [2.24, 2.45) is 0 Å². The largest absolute Gasteiger partial charge is 0.449 e. The van der Waals surface area contributed by atoms with Gasteiger partial charge in [0, 0.05) is 6.54 Å². The molecule has 0 fully saturated rings. The number of para-hydroxylation sites is 2. The fourth-order valence-corrected chi connectivity index (χ4v) is 2.62. The summed E-state index contributed by atoms with van der Waals surface area (Å²) in [5.41, 5.74) is 2.16. The predicted molar refractivity (Wildman–Crippen MR) is 102 cm³/mol. The van der Waals surface area contributed by atoms with Crippen LogP contribution in [0.5, 0.6) is 5.75 Å². The highest BCUT2D eigenvalue weighted by Crippen LogP contribution is 2.29. The van der Waals surface area contributed by atoms with E-state index < -0.39 is 12.1 Å². The van der Waals surface area contributed by atoms with Gasteiger partial charge in [0.2, 0.25) is 0 Å². The lowest BCUT2D eigenvalue weighted by molar-refractivity contribution is 0.0734. The molecule has 138 valence electrons. The molecule has 0 aromatic heterocycles. The smallest absolute Gasteiger partial charge is 0.414 e. The Labute approximate surface area is 154 Å². The molecule has 1 amide bonds. The predicted octanol–water partition coefficient (Wildman–Crippen LogP) is 4.84. The fraction of sp³-hybridized carbons (Fsp3) is 0.333. The summed E-state index contributed by atoms with van der Waals surface area (Å²) < 4.78 is 10.6. The number of benzene rings is 2. The van der Waals surface area contributed by atoms with Crippen LogP contribution in [0.2, 0.25) is 0 Å². The molecule has 26 heavy (non-hydrogen) atoms. The van der Waals surface area contributed by atoms with E-state index in [0.717, 1.165) is 12.8 Å². The van der Waals surface area contributed by atoms with Crippen molar-refractivity contribution in [2.45, 2.75) is 33.6 Å². The molecule has 0 atom stereocenters. The Balaban J connectivity index is 2.21. The van der Waals surface area contributed by atoms with Gasteiger partial charge in [-0.15, -0.1) is 0 Å². The molecule has 0 bridgehead atoms. The minimum absolute atomic E-state index is 0.279. The number of hydrogen-bond acceptors (Lipinski definition) is 4. The molecule has 0 spiro atoms. The Morgan fingerprint density at radius 1 is 0.962 bits per heavy atom. The van der Waals surface area contributed by atoms with E-state index in [1.165, 1.54) is 10.5 Å². The third kappa shape index (κ3) is 4.85. The van der Waals surface area contributed by atoms with E-state index in [-0.39, 0.29) is 6.61 Å². The normalized spacial score (nSPS) is 10.3. The van der Waals surface area contributed by atoms with Gasteiger partial charge in [-0.3, -0.25) is 4.90 Å². The molecule has 5 heteroatoms. The van der Waals surface area contributed by atoms with Gasteiger partial charge in [-0.2, -0.15) is 0 Å². The molecule has 0 N–H and O–H groups in total. The monoisotopic (exact) mass is 355 g/mol. The van der Waals surface area contributed by atoms with E-state index in [2.05, 4.69) is 6.92 Å². The number of anilines is 1. The zero-order valence-electron chi connectivity index (χ0n) is 15.5. The van der Waals surface area contributed by atoms with Crippen molar-refractivity contribution in [1.29, 1.82) is 0 Å². The fourth-order valence-electron chi connectivity index (χ4n) is 2.62. The molecule has 2 aromatic carbocycles. The van der Waals surface area contributed by atoms with Crippen LogP contribution in [-0.2, 0) is 11.2 Å². The van der Waals surface area contributed by atoms with Gasteiger partial charge in [0.15, 0.2) is 5.75 Å². The lowest BCUT2D eigenvalue weighted by Crippen LogP contribution is -2.31. The minimum atomic E-state index is -0.470. The molecule has 0 saturated heterocycles. The summed E-state index contributed by atoms with van der Waals surface area (Å²) in [6, 6.07) is 14.3. The SMILES string of the molecule is CCCc1ccc(C(=O)Oc2ccccc2N(CC)C(=O)OCC)cc1. The van der Waals surface area contributed by atoms with Crippen molar-refractivity contribution in [2.75, 3.05) is 18.1 Å². The Hall–Kier alpha value is -2.82. The van der Waals surface area contributed by atoms with Gasteiger partial charge in [-0.1, -0.05) is 37.6 Å². The average molecular weight is 355 g/mol. The summed E-state index contributed by atoms with van der Waals surface area (Å²) in [5, 5.41) is 0. The van der Waals surface area contributed by atoms with Gasteiger partial charge in [0.05, 0.1) is 17.9 Å². The van der Waals surface area contributed by atoms with Gasteiger partial charge in [-0.05, 0) is 50.1 Å². The quantitative estimate of drug-likeness (QED) is 0.527. The first-order valence-electron chi connectivity index (χ1n) is 8.95. The van der Waals surface area contributed by atoms with Crippen LogP contribution < -0.4 is 9.64 Å². The Bertz CT molecular complexity index is 740. The number of aryl methyl sites for hydroxylation is 1. The van der Waals surface area contributed by atoms with Gasteiger partial charge in [0.1, 0.15) is 0 Å². The van der Waals surface area contributed by atoms with Crippen LogP contribution in [0.4, 0.5) is 10.5 Å². The maximum absolute atomic E-state index is 12.5. The van der Waals surface area contributed by atoms with Gasteiger partial charge in [-0.25, -0.2) is 9.59 Å². The molecule has 2 rings (SSSR count). The number of esters is 1. The van der Waals surface area contributed by atoms with E-state index in [1.54, 1.807) is 43.3 Å². The average Bonchev–Trinajstić information content (AvgIpc) is 2.65. The van der Waals surface area contributed by atoms with Crippen LogP contribution in [0.3, 0.4) is 0 Å². The van der Waals surface area contributed by atoms with E-state index in [1.807, 2.05) is 19.1 Å². The maximum Gasteiger partial charge on any atom is 0.414 e. The third-order valence-corrected chi connectivity index (χ3v) is 3.89. The zero-order chi connectivity index (χ0) is 18.9. The Morgan fingerprint density at radius 2 is 1.65 bits per heavy atom. The molecular weight excluding hydrogens is 330 g/mol. The molecular formula is C21H25NO4. The summed E-state index contributed by atoms with van der Waals surface area (Å²) >= 11 is 0. The van der Waals surface area contributed by atoms with Gasteiger partial charge < -0.3 is 9.47 Å². The highest BCUT2D eigenvalue weighted by molar-refractivity contribution is 5.94. The van der Waals surface area contributed by atoms with E-state index in [4.69, 9.17) is 9.47 Å². The lowest BCUT2D eigenvalue weighted by Gasteiger charge is -2.22. The molecule has 0 aliphatic heterocycles. The minimum Gasteiger partial charge on any atom is -0.449 e. The maximum atomic E-state index is 12.5. The zero-order valence-corrected chi connectivity index (χ0v) is 15.5. The summed E-state index contributed by atoms with van der Waals surface area (Å²) in [4.78, 5) is 26.1. The number of nitrogens with zero attached hydrogens (tertiary/aromatic N) is 1. The first-order valence-corrected chi connectivity index (χ1v) is 8.95. The molecule has 0 aliphatic carbocycles. The van der Waals surface area contributed by atoms with Crippen molar-refractivity contribution in [3.63, 3.8) is 0 Å². The van der Waals surface area contributed by atoms with Crippen molar-refractivity contribution >= 4 is 17.7 Å². The van der Waals surface area contributed by atoms with Crippen LogP contribution >= 0.6 is 0 Å². The van der Waals surface area contributed by atoms with Crippen LogP contribution in [0.15, 0.2) is 48.5 Å². The van der Waals surface area contributed by atoms with Crippen LogP contribution in [0.1, 0.15) is 43.1 Å². The Morgan fingerprint density at radius 3 is 2.27 bits per heavy atom. The number of rotatable bonds is 7. The van der Waals surface area contributed by atoms with Crippen LogP contribution in [0.25, 0.3) is 0 Å². The summed E-state index contributed by atoms with van der Waals surface area (Å²) in [6.45, 7) is 6.38. The highest BCUT2D eigenvalue weighted by atomic mass is 16.6. The summed E-state index contributed by atoms with van der Waals surface area (Å²) in [7, 11) is 0. The van der Waals surface area contributed by atoms with Gasteiger partial charge >= 0.3 is 12.1 Å². The summed E-state index contributed by atoms with van der Waals surface area (Å²) in [6.07, 6.45) is 1.56. The van der Waals surface area contributed by atoms with Gasteiger partial charge in [0.25, 0.3) is 0 Å².